The van der Waals surface area contributed by atoms with Crippen molar-refractivity contribution in [3.63, 3.8) is 0 Å². The van der Waals surface area contributed by atoms with Crippen molar-refractivity contribution in [1.29, 1.82) is 0 Å². The van der Waals surface area contributed by atoms with Crippen molar-refractivity contribution in [2.45, 2.75) is 20.3 Å². The molecule has 0 unspecified atom stereocenters. The van der Waals surface area contributed by atoms with Gasteiger partial charge in [0.2, 0.25) is 11.8 Å². The lowest BCUT2D eigenvalue weighted by Gasteiger charge is -2.11. The summed E-state index contributed by atoms with van der Waals surface area (Å²) in [5.74, 6) is -0.896. The number of hydrogen-bond acceptors (Lipinski definition) is 6. The van der Waals surface area contributed by atoms with Crippen molar-refractivity contribution in [1.82, 2.24) is 15.3 Å². The minimum Gasteiger partial charge on any atom is -0.343 e. The molecule has 0 saturated carbocycles. The zero-order valence-electron chi connectivity index (χ0n) is 23.2. The second kappa shape index (κ2) is 13.6. The number of hydrogen-bond donors (Lipinski definition) is 4. The Kier molecular flexibility index (Phi) is 9.52. The van der Waals surface area contributed by atoms with Crippen LogP contribution in [0.1, 0.15) is 43.2 Å². The van der Waals surface area contributed by atoms with E-state index in [4.69, 9.17) is 0 Å². The van der Waals surface area contributed by atoms with E-state index in [0.717, 1.165) is 22.8 Å². The smallest absolute Gasteiger partial charge is 0.256 e. The first-order chi connectivity index (χ1) is 20.2. The van der Waals surface area contributed by atoms with Gasteiger partial charge in [-0.25, -0.2) is 9.97 Å². The highest BCUT2D eigenvalue weighted by Crippen LogP contribution is 2.19. The fourth-order valence-corrected chi connectivity index (χ4v) is 4.03. The van der Waals surface area contributed by atoms with Crippen molar-refractivity contribution in [3.05, 3.63) is 125 Å². The average molecular weight is 563 g/mol. The van der Waals surface area contributed by atoms with Gasteiger partial charge in [0.05, 0.1) is 24.6 Å². The molecule has 4 amide bonds. The fourth-order valence-electron chi connectivity index (χ4n) is 4.03. The molecular formula is C32H30N6O4. The highest BCUT2D eigenvalue weighted by atomic mass is 16.2. The minimum atomic E-state index is -0.429. The lowest BCUT2D eigenvalue weighted by molar-refractivity contribution is -0.121. The molecule has 1 aromatic heterocycles. The Hall–Kier alpha value is -5.64. The first-order valence-corrected chi connectivity index (χ1v) is 13.1. The Morgan fingerprint density at radius 3 is 2.24 bits per heavy atom. The highest BCUT2D eigenvalue weighted by Gasteiger charge is 2.13. The van der Waals surface area contributed by atoms with Gasteiger partial charge < -0.3 is 21.3 Å². The molecule has 0 bridgehead atoms. The molecule has 4 rings (SSSR count). The number of nitrogens with zero attached hydrogens (tertiary/aromatic N) is 2. The Morgan fingerprint density at radius 2 is 1.50 bits per heavy atom. The summed E-state index contributed by atoms with van der Waals surface area (Å²) < 4.78 is 0. The number of amides is 4. The Labute approximate surface area is 243 Å². The fraction of sp³-hybridized carbons (Fsp3) is 0.125. The number of benzene rings is 3. The number of aromatic nitrogens is 2. The molecule has 1 heterocycles. The second-order valence-corrected chi connectivity index (χ2v) is 9.54. The SMILES string of the molecule is C=CC(=O)NCC(=O)Nc1cccc(Cc2ncc(NC(=O)c3cc(NC(=O)c4cccc(C)c4)ccc3C)cn2)c1. The Bertz CT molecular complexity index is 1650. The van der Waals surface area contributed by atoms with Gasteiger partial charge >= 0.3 is 0 Å². The van der Waals surface area contributed by atoms with E-state index in [9.17, 15) is 19.2 Å². The third kappa shape index (κ3) is 8.18. The van der Waals surface area contributed by atoms with Crippen molar-refractivity contribution in [2.24, 2.45) is 0 Å². The van der Waals surface area contributed by atoms with E-state index in [1.54, 1.807) is 48.5 Å². The van der Waals surface area contributed by atoms with Gasteiger partial charge in [0.15, 0.2) is 0 Å². The zero-order valence-corrected chi connectivity index (χ0v) is 23.2. The van der Waals surface area contributed by atoms with Crippen LogP contribution in [-0.4, -0.2) is 40.1 Å². The molecule has 42 heavy (non-hydrogen) atoms. The van der Waals surface area contributed by atoms with Gasteiger partial charge in [0.25, 0.3) is 11.8 Å². The molecule has 4 aromatic rings. The third-order valence-corrected chi connectivity index (χ3v) is 6.17. The summed E-state index contributed by atoms with van der Waals surface area (Å²) in [4.78, 5) is 57.7. The van der Waals surface area contributed by atoms with Crippen LogP contribution in [0, 0.1) is 13.8 Å². The number of aryl methyl sites for hydroxylation is 2. The molecule has 0 spiro atoms. The Balaban J connectivity index is 1.36. The summed E-state index contributed by atoms with van der Waals surface area (Å²) >= 11 is 0. The largest absolute Gasteiger partial charge is 0.343 e. The van der Waals surface area contributed by atoms with E-state index >= 15 is 0 Å². The van der Waals surface area contributed by atoms with E-state index in [1.165, 1.54) is 12.4 Å². The lowest BCUT2D eigenvalue weighted by atomic mass is 10.1. The van der Waals surface area contributed by atoms with E-state index in [2.05, 4.69) is 37.8 Å². The molecule has 0 radical (unpaired) electrons. The molecular weight excluding hydrogens is 532 g/mol. The van der Waals surface area contributed by atoms with E-state index in [0.29, 0.717) is 40.4 Å². The van der Waals surface area contributed by atoms with Crippen molar-refractivity contribution in [2.75, 3.05) is 22.5 Å². The quantitative estimate of drug-likeness (QED) is 0.211. The van der Waals surface area contributed by atoms with Gasteiger partial charge in [-0.2, -0.15) is 0 Å². The molecule has 0 fully saturated rings. The summed E-state index contributed by atoms with van der Waals surface area (Å²) in [6, 6.07) is 19.6. The van der Waals surface area contributed by atoms with Crippen molar-refractivity contribution in [3.8, 4) is 0 Å². The number of carbonyl (C=O) groups is 4. The molecule has 0 atom stereocenters. The normalized spacial score (nSPS) is 10.3. The maximum Gasteiger partial charge on any atom is 0.256 e. The van der Waals surface area contributed by atoms with Gasteiger partial charge in [0, 0.05) is 28.9 Å². The van der Waals surface area contributed by atoms with E-state index in [1.807, 2.05) is 32.0 Å². The van der Waals surface area contributed by atoms with E-state index in [-0.39, 0.29) is 24.3 Å². The maximum atomic E-state index is 13.0. The number of rotatable bonds is 10. The third-order valence-electron chi connectivity index (χ3n) is 6.17. The highest BCUT2D eigenvalue weighted by molar-refractivity contribution is 6.08. The lowest BCUT2D eigenvalue weighted by Crippen LogP contribution is -2.31. The van der Waals surface area contributed by atoms with Gasteiger partial charge in [-0.3, -0.25) is 19.2 Å². The summed E-state index contributed by atoms with van der Waals surface area (Å²) in [7, 11) is 0. The molecule has 0 aliphatic rings. The average Bonchev–Trinajstić information content (AvgIpc) is 2.98. The predicted octanol–water partition coefficient (Wildman–Crippen LogP) is 4.43. The second-order valence-electron chi connectivity index (χ2n) is 9.54. The number of anilines is 3. The summed E-state index contributed by atoms with van der Waals surface area (Å²) in [6.07, 6.45) is 4.53. The summed E-state index contributed by atoms with van der Waals surface area (Å²) in [5.41, 5.74) is 5.01. The number of nitrogens with one attached hydrogen (secondary N) is 4. The maximum absolute atomic E-state index is 13.0. The van der Waals surface area contributed by atoms with Crippen LogP contribution in [0.2, 0.25) is 0 Å². The molecule has 0 aliphatic heterocycles. The molecule has 3 aromatic carbocycles. The van der Waals surface area contributed by atoms with Crippen LogP contribution in [-0.2, 0) is 16.0 Å². The minimum absolute atomic E-state index is 0.169. The Morgan fingerprint density at radius 1 is 0.786 bits per heavy atom. The molecule has 10 nitrogen and oxygen atoms in total. The molecule has 0 saturated heterocycles. The summed E-state index contributed by atoms with van der Waals surface area (Å²) in [5, 5.41) is 10.8. The van der Waals surface area contributed by atoms with Crippen LogP contribution in [0.4, 0.5) is 17.1 Å². The van der Waals surface area contributed by atoms with Crippen LogP contribution in [0.3, 0.4) is 0 Å². The summed E-state index contributed by atoms with van der Waals surface area (Å²) in [6.45, 7) is 6.90. The van der Waals surface area contributed by atoms with Gasteiger partial charge in [0.1, 0.15) is 5.82 Å². The van der Waals surface area contributed by atoms with Crippen LogP contribution in [0.5, 0.6) is 0 Å². The topological polar surface area (TPSA) is 142 Å². The van der Waals surface area contributed by atoms with Crippen LogP contribution in [0.15, 0.2) is 91.8 Å². The first kappa shape index (κ1) is 29.3. The molecule has 4 N–H and O–H groups in total. The predicted molar refractivity (Wildman–Crippen MR) is 161 cm³/mol. The molecule has 10 heteroatoms. The van der Waals surface area contributed by atoms with Gasteiger partial charge in [-0.05, 0) is 67.4 Å². The van der Waals surface area contributed by atoms with Gasteiger partial charge in [-0.1, -0.05) is 42.5 Å². The van der Waals surface area contributed by atoms with Crippen LogP contribution < -0.4 is 21.3 Å². The van der Waals surface area contributed by atoms with E-state index < -0.39 is 5.91 Å². The molecule has 0 aliphatic carbocycles. The number of carbonyl (C=O) groups excluding carboxylic acids is 4. The van der Waals surface area contributed by atoms with Crippen molar-refractivity contribution >= 4 is 40.7 Å². The van der Waals surface area contributed by atoms with Crippen LogP contribution >= 0.6 is 0 Å². The monoisotopic (exact) mass is 562 g/mol. The zero-order chi connectivity index (χ0) is 30.1. The first-order valence-electron chi connectivity index (χ1n) is 13.1. The van der Waals surface area contributed by atoms with Gasteiger partial charge in [-0.15, -0.1) is 0 Å². The van der Waals surface area contributed by atoms with Crippen LogP contribution in [0.25, 0.3) is 0 Å². The standard InChI is InChI=1S/C32H30N6O4/c1-4-29(39)35-19-30(40)36-24-10-6-8-22(14-24)15-28-33-17-26(18-34-28)38-32(42)27-16-25(12-11-21(27)3)37-31(41)23-9-5-7-20(2)13-23/h4-14,16-18H,1,15,19H2,2-3H3,(H,35,39)(H,36,40)(H,37,41)(H,38,42). The molecule has 212 valence electrons. The van der Waals surface area contributed by atoms with Crippen molar-refractivity contribution < 1.29 is 19.2 Å².